The first-order chi connectivity index (χ1) is 8.11. The maximum Gasteiger partial charge on any atom is 0.337 e. The predicted octanol–water partition coefficient (Wildman–Crippen LogP) is 1.13. The van der Waals surface area contributed by atoms with E-state index in [4.69, 9.17) is 15.6 Å². The third-order valence-electron chi connectivity index (χ3n) is 2.35. The first kappa shape index (κ1) is 12.7. The molecule has 0 aliphatic carbocycles. The van der Waals surface area contributed by atoms with Gasteiger partial charge in [0.25, 0.3) is 0 Å². The first-order valence-corrected chi connectivity index (χ1v) is 4.91. The fourth-order valence-electron chi connectivity index (χ4n) is 1.56. The highest BCUT2D eigenvalue weighted by molar-refractivity contribution is 5.75. The molecule has 0 bridgehead atoms. The van der Waals surface area contributed by atoms with E-state index in [1.165, 1.54) is 18.2 Å². The van der Waals surface area contributed by atoms with Gasteiger partial charge in [0.2, 0.25) is 0 Å². The van der Waals surface area contributed by atoms with Crippen LogP contribution in [-0.2, 0) is 11.2 Å². The van der Waals surface area contributed by atoms with Crippen molar-refractivity contribution in [3.8, 4) is 12.1 Å². The molecule has 0 heterocycles. The highest BCUT2D eigenvalue weighted by atomic mass is 16.4. The number of nitrogens with zero attached hydrogens (tertiary/aromatic N) is 2. The summed E-state index contributed by atoms with van der Waals surface area (Å²) >= 11 is 0. The topological polar surface area (TPSA) is 105 Å². The minimum absolute atomic E-state index is 0.165. The zero-order valence-corrected chi connectivity index (χ0v) is 8.92. The molecule has 1 atom stereocenters. The molecule has 1 unspecified atom stereocenters. The van der Waals surface area contributed by atoms with Crippen molar-refractivity contribution in [2.24, 2.45) is 0 Å². The molecule has 0 saturated heterocycles. The lowest BCUT2D eigenvalue weighted by Crippen LogP contribution is -2.13. The van der Waals surface area contributed by atoms with Gasteiger partial charge < -0.3 is 10.2 Å². The average Bonchev–Trinajstić information content (AvgIpc) is 2.34. The lowest BCUT2D eigenvalue weighted by molar-refractivity contribution is -0.147. The molecule has 0 radical (unpaired) electrons. The van der Waals surface area contributed by atoms with Crippen molar-refractivity contribution in [3.63, 3.8) is 0 Å². The van der Waals surface area contributed by atoms with Gasteiger partial charge in [0.1, 0.15) is 0 Å². The van der Waals surface area contributed by atoms with Crippen LogP contribution < -0.4 is 0 Å². The van der Waals surface area contributed by atoms with Crippen molar-refractivity contribution >= 4 is 5.97 Å². The molecule has 0 aromatic heterocycles. The second kappa shape index (κ2) is 5.64. The Kier molecular flexibility index (Phi) is 4.21. The van der Waals surface area contributed by atoms with Gasteiger partial charge in [-0.25, -0.2) is 4.79 Å². The SMILES string of the molecule is N#CCCc1c(C#N)cccc1C(O)C(=O)O. The zero-order chi connectivity index (χ0) is 12.8. The molecule has 5 nitrogen and oxygen atoms in total. The number of aliphatic hydroxyl groups is 1. The smallest absolute Gasteiger partial charge is 0.337 e. The third kappa shape index (κ3) is 2.81. The van der Waals surface area contributed by atoms with E-state index in [1.54, 1.807) is 0 Å². The summed E-state index contributed by atoms with van der Waals surface area (Å²) in [6, 6.07) is 8.34. The van der Waals surface area contributed by atoms with Gasteiger partial charge in [-0.15, -0.1) is 0 Å². The van der Waals surface area contributed by atoms with Crippen molar-refractivity contribution in [1.29, 1.82) is 10.5 Å². The fourth-order valence-corrected chi connectivity index (χ4v) is 1.56. The van der Waals surface area contributed by atoms with Crippen LogP contribution in [0, 0.1) is 22.7 Å². The molecular weight excluding hydrogens is 220 g/mol. The number of benzene rings is 1. The normalized spacial score (nSPS) is 11.2. The number of aliphatic hydroxyl groups excluding tert-OH is 1. The number of aliphatic carboxylic acids is 1. The van der Waals surface area contributed by atoms with Gasteiger partial charge in [-0.3, -0.25) is 0 Å². The zero-order valence-electron chi connectivity index (χ0n) is 8.92. The summed E-state index contributed by atoms with van der Waals surface area (Å²) in [6.07, 6.45) is -1.25. The Morgan fingerprint density at radius 3 is 2.65 bits per heavy atom. The molecule has 2 N–H and O–H groups in total. The van der Waals surface area contributed by atoms with E-state index < -0.39 is 12.1 Å². The highest BCUT2D eigenvalue weighted by Crippen LogP contribution is 2.23. The Morgan fingerprint density at radius 1 is 1.41 bits per heavy atom. The van der Waals surface area contributed by atoms with Gasteiger partial charge in [-0.2, -0.15) is 10.5 Å². The van der Waals surface area contributed by atoms with Crippen LogP contribution >= 0.6 is 0 Å². The molecule has 0 spiro atoms. The molecule has 5 heteroatoms. The van der Waals surface area contributed by atoms with Crippen LogP contribution in [0.3, 0.4) is 0 Å². The van der Waals surface area contributed by atoms with Crippen LogP contribution in [0.4, 0.5) is 0 Å². The van der Waals surface area contributed by atoms with Crippen molar-refractivity contribution in [3.05, 3.63) is 34.9 Å². The summed E-state index contributed by atoms with van der Waals surface area (Å²) in [7, 11) is 0. The Bertz CT molecular complexity index is 511. The van der Waals surface area contributed by atoms with E-state index in [-0.39, 0.29) is 24.0 Å². The summed E-state index contributed by atoms with van der Waals surface area (Å²) in [5.74, 6) is -1.38. The van der Waals surface area contributed by atoms with Crippen molar-refractivity contribution < 1.29 is 15.0 Å². The standard InChI is InChI=1S/C12H10N2O3/c13-6-2-5-9-8(7-14)3-1-4-10(9)11(15)12(16)17/h1,3-4,11,15H,2,5H2,(H,16,17). The van der Waals surface area contributed by atoms with Gasteiger partial charge in [-0.1, -0.05) is 12.1 Å². The lowest BCUT2D eigenvalue weighted by Gasteiger charge is -2.12. The molecule has 1 rings (SSSR count). The number of hydrogen-bond acceptors (Lipinski definition) is 4. The fraction of sp³-hybridized carbons (Fsp3) is 0.250. The largest absolute Gasteiger partial charge is 0.479 e. The predicted molar refractivity (Wildman–Crippen MR) is 57.7 cm³/mol. The van der Waals surface area contributed by atoms with Gasteiger partial charge in [0.05, 0.1) is 17.7 Å². The highest BCUT2D eigenvalue weighted by Gasteiger charge is 2.20. The van der Waals surface area contributed by atoms with E-state index in [0.717, 1.165) is 0 Å². The molecule has 1 aromatic carbocycles. The third-order valence-corrected chi connectivity index (χ3v) is 2.35. The number of nitriles is 2. The second-order valence-corrected chi connectivity index (χ2v) is 3.38. The molecule has 0 aliphatic heterocycles. The van der Waals surface area contributed by atoms with Crippen LogP contribution in [0.5, 0.6) is 0 Å². The summed E-state index contributed by atoms with van der Waals surface area (Å²) in [4.78, 5) is 10.7. The lowest BCUT2D eigenvalue weighted by atomic mass is 9.94. The van der Waals surface area contributed by atoms with Crippen LogP contribution in [0.2, 0.25) is 0 Å². The van der Waals surface area contributed by atoms with E-state index in [0.29, 0.717) is 5.56 Å². The Balaban J connectivity index is 3.25. The molecule has 17 heavy (non-hydrogen) atoms. The van der Waals surface area contributed by atoms with E-state index in [9.17, 15) is 9.90 Å². The summed E-state index contributed by atoms with van der Waals surface area (Å²) < 4.78 is 0. The molecule has 1 aromatic rings. The van der Waals surface area contributed by atoms with E-state index >= 15 is 0 Å². The summed E-state index contributed by atoms with van der Waals surface area (Å²) in [6.45, 7) is 0. The maximum atomic E-state index is 10.7. The molecule has 0 fully saturated rings. The Labute approximate surface area is 98.2 Å². The van der Waals surface area contributed by atoms with E-state index in [2.05, 4.69) is 0 Å². The Hall–Kier alpha value is -2.37. The minimum atomic E-state index is -1.67. The summed E-state index contributed by atoms with van der Waals surface area (Å²) in [5, 5.41) is 35.7. The molecule has 86 valence electrons. The Morgan fingerprint density at radius 2 is 2.12 bits per heavy atom. The van der Waals surface area contributed by atoms with Gasteiger partial charge in [0, 0.05) is 6.42 Å². The van der Waals surface area contributed by atoms with E-state index in [1.807, 2.05) is 12.1 Å². The number of rotatable bonds is 4. The molecule has 0 aliphatic rings. The van der Waals surface area contributed by atoms with Crippen molar-refractivity contribution in [2.75, 3.05) is 0 Å². The number of hydrogen-bond donors (Lipinski definition) is 2. The van der Waals surface area contributed by atoms with Crippen LogP contribution in [0.25, 0.3) is 0 Å². The summed E-state index contributed by atoms with van der Waals surface area (Å²) in [5.41, 5.74) is 0.885. The van der Waals surface area contributed by atoms with Crippen molar-refractivity contribution in [1.82, 2.24) is 0 Å². The van der Waals surface area contributed by atoms with Gasteiger partial charge in [-0.05, 0) is 23.6 Å². The molecular formula is C12H10N2O3. The molecule has 0 saturated carbocycles. The van der Waals surface area contributed by atoms with Gasteiger partial charge in [0.15, 0.2) is 6.10 Å². The van der Waals surface area contributed by atoms with Crippen LogP contribution in [0.15, 0.2) is 18.2 Å². The number of carboxylic acid groups (broad SMARTS) is 1. The molecule has 0 amide bonds. The number of carbonyl (C=O) groups is 1. The van der Waals surface area contributed by atoms with Crippen molar-refractivity contribution in [2.45, 2.75) is 18.9 Å². The average molecular weight is 230 g/mol. The first-order valence-electron chi connectivity index (χ1n) is 4.91. The minimum Gasteiger partial charge on any atom is -0.479 e. The quantitative estimate of drug-likeness (QED) is 0.806. The maximum absolute atomic E-state index is 10.7. The monoisotopic (exact) mass is 230 g/mol. The second-order valence-electron chi connectivity index (χ2n) is 3.38. The van der Waals surface area contributed by atoms with Crippen LogP contribution in [0.1, 0.15) is 29.2 Å². The van der Waals surface area contributed by atoms with Crippen LogP contribution in [-0.4, -0.2) is 16.2 Å². The number of carboxylic acids is 1. The van der Waals surface area contributed by atoms with Gasteiger partial charge >= 0.3 is 5.97 Å².